The van der Waals surface area contributed by atoms with Crippen LogP contribution in [-0.2, 0) is 0 Å². The van der Waals surface area contributed by atoms with Crippen molar-refractivity contribution >= 4 is 0 Å². The second-order valence-corrected chi connectivity index (χ2v) is 5.67. The fourth-order valence-corrected chi connectivity index (χ4v) is 2.66. The molecule has 0 fully saturated rings. The van der Waals surface area contributed by atoms with Crippen LogP contribution in [0.1, 0.15) is 49.8 Å². The first-order valence-corrected chi connectivity index (χ1v) is 7.37. The monoisotopic (exact) mass is 263 g/mol. The van der Waals surface area contributed by atoms with E-state index in [1.54, 1.807) is 7.11 Å². The molecule has 1 N–H and O–H groups in total. The van der Waals surface area contributed by atoms with Gasteiger partial charge in [-0.15, -0.1) is 0 Å². The number of hydrogen-bond acceptors (Lipinski definition) is 2. The second-order valence-electron chi connectivity index (χ2n) is 5.67. The summed E-state index contributed by atoms with van der Waals surface area (Å²) in [7, 11) is 1.77. The van der Waals surface area contributed by atoms with Crippen LogP contribution in [-0.4, -0.2) is 20.2 Å². The Morgan fingerprint density at radius 3 is 2.47 bits per heavy atom. The van der Waals surface area contributed by atoms with Gasteiger partial charge in [-0.05, 0) is 62.4 Å². The first kappa shape index (κ1) is 16.0. The molecule has 0 saturated carbocycles. The fraction of sp³-hybridized carbons (Fsp3) is 0.647. The SMILES string of the molecule is CCCNCC(C)C(C)c1c(C)cc(C)cc1OC. The average molecular weight is 263 g/mol. The molecule has 0 aliphatic carbocycles. The number of hydrogen-bond donors (Lipinski definition) is 1. The molecule has 2 unspecified atom stereocenters. The van der Waals surface area contributed by atoms with Crippen molar-refractivity contribution in [2.45, 2.75) is 47.0 Å². The molecule has 0 amide bonds. The highest BCUT2D eigenvalue weighted by molar-refractivity contribution is 5.45. The minimum absolute atomic E-state index is 0.500. The summed E-state index contributed by atoms with van der Waals surface area (Å²) in [6, 6.07) is 4.39. The smallest absolute Gasteiger partial charge is 0.122 e. The quantitative estimate of drug-likeness (QED) is 0.749. The summed E-state index contributed by atoms with van der Waals surface area (Å²) in [6.45, 7) is 13.3. The van der Waals surface area contributed by atoms with E-state index in [4.69, 9.17) is 4.74 Å². The number of rotatable bonds is 7. The van der Waals surface area contributed by atoms with E-state index < -0.39 is 0 Å². The maximum absolute atomic E-state index is 5.58. The van der Waals surface area contributed by atoms with Gasteiger partial charge in [-0.2, -0.15) is 0 Å². The number of ether oxygens (including phenoxy) is 1. The van der Waals surface area contributed by atoms with Gasteiger partial charge in [0.1, 0.15) is 5.75 Å². The molecule has 1 aromatic carbocycles. The first-order valence-electron chi connectivity index (χ1n) is 7.37. The minimum Gasteiger partial charge on any atom is -0.496 e. The van der Waals surface area contributed by atoms with Crippen molar-refractivity contribution in [3.63, 3.8) is 0 Å². The van der Waals surface area contributed by atoms with E-state index in [-0.39, 0.29) is 0 Å². The summed E-state index contributed by atoms with van der Waals surface area (Å²) in [5, 5.41) is 3.51. The van der Waals surface area contributed by atoms with Gasteiger partial charge in [0.2, 0.25) is 0 Å². The van der Waals surface area contributed by atoms with Crippen LogP contribution in [0.25, 0.3) is 0 Å². The predicted octanol–water partition coefficient (Wildman–Crippen LogP) is 4.05. The molecule has 2 heteroatoms. The highest BCUT2D eigenvalue weighted by Crippen LogP contribution is 2.35. The van der Waals surface area contributed by atoms with Gasteiger partial charge in [-0.1, -0.05) is 26.8 Å². The van der Waals surface area contributed by atoms with Gasteiger partial charge >= 0.3 is 0 Å². The highest BCUT2D eigenvalue weighted by atomic mass is 16.5. The lowest BCUT2D eigenvalue weighted by Crippen LogP contribution is -2.25. The van der Waals surface area contributed by atoms with Crippen LogP contribution < -0.4 is 10.1 Å². The van der Waals surface area contributed by atoms with Crippen LogP contribution in [0.15, 0.2) is 12.1 Å². The summed E-state index contributed by atoms with van der Waals surface area (Å²) < 4.78 is 5.58. The molecule has 2 atom stereocenters. The molecule has 0 aliphatic rings. The average Bonchev–Trinajstić information content (AvgIpc) is 2.37. The molecule has 0 aliphatic heterocycles. The van der Waals surface area contributed by atoms with Crippen molar-refractivity contribution in [2.24, 2.45) is 5.92 Å². The summed E-state index contributed by atoms with van der Waals surface area (Å²) in [5.41, 5.74) is 3.97. The zero-order chi connectivity index (χ0) is 14.4. The van der Waals surface area contributed by atoms with Gasteiger partial charge in [-0.3, -0.25) is 0 Å². The summed E-state index contributed by atoms with van der Waals surface area (Å²) >= 11 is 0. The van der Waals surface area contributed by atoms with Crippen LogP contribution in [0.3, 0.4) is 0 Å². The summed E-state index contributed by atoms with van der Waals surface area (Å²) in [6.07, 6.45) is 1.19. The Kier molecular flexibility index (Phi) is 6.36. The highest BCUT2D eigenvalue weighted by Gasteiger charge is 2.20. The molecule has 0 aromatic heterocycles. The molecule has 2 nitrogen and oxygen atoms in total. The lowest BCUT2D eigenvalue weighted by molar-refractivity contribution is 0.388. The third kappa shape index (κ3) is 4.24. The third-order valence-corrected chi connectivity index (χ3v) is 3.92. The minimum atomic E-state index is 0.500. The maximum Gasteiger partial charge on any atom is 0.122 e. The van der Waals surface area contributed by atoms with Gasteiger partial charge in [-0.25, -0.2) is 0 Å². The van der Waals surface area contributed by atoms with Crippen molar-refractivity contribution < 1.29 is 4.74 Å². The molecule has 0 bridgehead atoms. The number of methoxy groups -OCH3 is 1. The topological polar surface area (TPSA) is 21.3 Å². The molecule has 0 saturated heterocycles. The zero-order valence-corrected chi connectivity index (χ0v) is 13.3. The predicted molar refractivity (Wildman–Crippen MR) is 83.2 cm³/mol. The molecular formula is C17H29NO. The molecule has 0 spiro atoms. The largest absolute Gasteiger partial charge is 0.496 e. The number of aryl methyl sites for hydroxylation is 2. The Morgan fingerprint density at radius 1 is 1.21 bits per heavy atom. The van der Waals surface area contributed by atoms with Crippen LogP contribution >= 0.6 is 0 Å². The molecule has 108 valence electrons. The van der Waals surface area contributed by atoms with E-state index in [1.165, 1.54) is 23.1 Å². The van der Waals surface area contributed by atoms with E-state index >= 15 is 0 Å². The second kappa shape index (κ2) is 7.54. The Balaban J connectivity index is 2.88. The van der Waals surface area contributed by atoms with Crippen LogP contribution in [0.4, 0.5) is 0 Å². The van der Waals surface area contributed by atoms with Crippen molar-refractivity contribution in [2.75, 3.05) is 20.2 Å². The van der Waals surface area contributed by atoms with Gasteiger partial charge in [0.25, 0.3) is 0 Å². The first-order chi connectivity index (χ1) is 9.01. The molecule has 0 radical (unpaired) electrons. The summed E-state index contributed by atoms with van der Waals surface area (Å²) in [4.78, 5) is 0. The van der Waals surface area contributed by atoms with E-state index in [0.717, 1.165) is 18.8 Å². The number of nitrogens with one attached hydrogen (secondary N) is 1. The van der Waals surface area contributed by atoms with Gasteiger partial charge in [0.05, 0.1) is 7.11 Å². The van der Waals surface area contributed by atoms with Crippen molar-refractivity contribution in [3.05, 3.63) is 28.8 Å². The van der Waals surface area contributed by atoms with Crippen molar-refractivity contribution in [1.29, 1.82) is 0 Å². The lowest BCUT2D eigenvalue weighted by atomic mass is 9.85. The summed E-state index contributed by atoms with van der Waals surface area (Å²) in [5.74, 6) is 2.13. The van der Waals surface area contributed by atoms with E-state index in [0.29, 0.717) is 11.8 Å². The maximum atomic E-state index is 5.58. The van der Waals surface area contributed by atoms with E-state index in [2.05, 4.69) is 52.1 Å². The van der Waals surface area contributed by atoms with Gasteiger partial charge < -0.3 is 10.1 Å². The van der Waals surface area contributed by atoms with Crippen LogP contribution in [0.2, 0.25) is 0 Å². The lowest BCUT2D eigenvalue weighted by Gasteiger charge is -2.25. The van der Waals surface area contributed by atoms with Gasteiger partial charge in [0.15, 0.2) is 0 Å². The molecular weight excluding hydrogens is 234 g/mol. The van der Waals surface area contributed by atoms with Crippen LogP contribution in [0.5, 0.6) is 5.75 Å². The Hall–Kier alpha value is -1.02. The number of benzene rings is 1. The van der Waals surface area contributed by atoms with E-state index in [9.17, 15) is 0 Å². The Bertz CT molecular complexity index is 400. The standard InChI is InChI=1S/C17H29NO/c1-7-8-18-11-14(4)15(5)17-13(3)9-12(2)10-16(17)19-6/h9-10,14-15,18H,7-8,11H2,1-6H3. The van der Waals surface area contributed by atoms with Gasteiger partial charge in [0, 0.05) is 5.56 Å². The van der Waals surface area contributed by atoms with E-state index in [1.807, 2.05) is 0 Å². The normalized spacial score (nSPS) is 14.2. The van der Waals surface area contributed by atoms with Crippen molar-refractivity contribution in [3.8, 4) is 5.75 Å². The molecule has 0 heterocycles. The fourth-order valence-electron chi connectivity index (χ4n) is 2.66. The Morgan fingerprint density at radius 2 is 1.89 bits per heavy atom. The molecule has 1 rings (SSSR count). The van der Waals surface area contributed by atoms with Crippen LogP contribution in [0, 0.1) is 19.8 Å². The zero-order valence-electron chi connectivity index (χ0n) is 13.3. The molecule has 1 aromatic rings. The molecule has 19 heavy (non-hydrogen) atoms. The third-order valence-electron chi connectivity index (χ3n) is 3.92. The Labute approximate surface area is 118 Å². The van der Waals surface area contributed by atoms with Crippen molar-refractivity contribution in [1.82, 2.24) is 5.32 Å².